The summed E-state index contributed by atoms with van der Waals surface area (Å²) in [5.41, 5.74) is 0.914. The van der Waals surface area contributed by atoms with Gasteiger partial charge in [-0.15, -0.1) is 0 Å². The van der Waals surface area contributed by atoms with Crippen LogP contribution >= 0.6 is 0 Å². The smallest absolute Gasteiger partial charge is 0.131 e. The lowest BCUT2D eigenvalue weighted by atomic mass is 10.1. The Labute approximate surface area is 121 Å². The summed E-state index contributed by atoms with van der Waals surface area (Å²) in [4.78, 5) is 0. The molecule has 0 aromatic heterocycles. The first-order valence-electron chi connectivity index (χ1n) is 6.21. The largest absolute Gasteiger partial charge is 0.378 e. The second kappa shape index (κ2) is 6.02. The Balaban J connectivity index is 2.31. The van der Waals surface area contributed by atoms with Gasteiger partial charge in [-0.2, -0.15) is 10.5 Å². The van der Waals surface area contributed by atoms with E-state index in [1.807, 2.05) is 12.1 Å². The van der Waals surface area contributed by atoms with Crippen LogP contribution in [0, 0.1) is 34.3 Å². The van der Waals surface area contributed by atoms with Gasteiger partial charge >= 0.3 is 0 Å². The molecule has 2 aromatic carbocycles. The minimum absolute atomic E-state index is 0.0691. The summed E-state index contributed by atoms with van der Waals surface area (Å²) in [6, 6.07) is 11.4. The van der Waals surface area contributed by atoms with Gasteiger partial charge in [0.05, 0.1) is 17.2 Å². The van der Waals surface area contributed by atoms with Gasteiger partial charge in [-0.3, -0.25) is 0 Å². The quantitative estimate of drug-likeness (QED) is 0.929. The molecule has 0 bridgehead atoms. The zero-order valence-electron chi connectivity index (χ0n) is 11.2. The molecule has 104 valence electrons. The summed E-state index contributed by atoms with van der Waals surface area (Å²) in [7, 11) is 0. The molecule has 5 heteroatoms. The summed E-state index contributed by atoms with van der Waals surface area (Å²) < 4.78 is 27.4. The molecule has 1 unspecified atom stereocenters. The molecule has 3 nitrogen and oxygen atoms in total. The summed E-state index contributed by atoms with van der Waals surface area (Å²) in [5, 5.41) is 20.7. The van der Waals surface area contributed by atoms with Crippen LogP contribution in [0.3, 0.4) is 0 Å². The maximum atomic E-state index is 13.7. The van der Waals surface area contributed by atoms with E-state index in [2.05, 4.69) is 5.32 Å². The van der Waals surface area contributed by atoms with E-state index in [0.717, 1.165) is 0 Å². The number of rotatable bonds is 3. The van der Waals surface area contributed by atoms with Gasteiger partial charge < -0.3 is 5.32 Å². The summed E-state index contributed by atoms with van der Waals surface area (Å²) >= 11 is 0. The SMILES string of the molecule is CC(Nc1ccc(C#N)c(C#N)c1)c1c(F)cccc1F. The van der Waals surface area contributed by atoms with Gasteiger partial charge in [-0.05, 0) is 37.3 Å². The van der Waals surface area contributed by atoms with Crippen LogP contribution in [0.25, 0.3) is 0 Å². The Morgan fingerprint density at radius 1 is 1.00 bits per heavy atom. The fourth-order valence-corrected chi connectivity index (χ4v) is 2.07. The molecule has 2 rings (SSSR count). The van der Waals surface area contributed by atoms with E-state index >= 15 is 0 Å². The number of benzene rings is 2. The van der Waals surface area contributed by atoms with Crippen molar-refractivity contribution >= 4 is 5.69 Å². The highest BCUT2D eigenvalue weighted by Crippen LogP contribution is 2.25. The van der Waals surface area contributed by atoms with E-state index in [4.69, 9.17) is 10.5 Å². The van der Waals surface area contributed by atoms with Crippen LogP contribution in [0.5, 0.6) is 0 Å². The number of nitrogens with zero attached hydrogens (tertiary/aromatic N) is 2. The van der Waals surface area contributed by atoms with Gasteiger partial charge in [0, 0.05) is 11.3 Å². The normalized spacial score (nSPS) is 11.3. The van der Waals surface area contributed by atoms with Crippen molar-refractivity contribution in [3.8, 4) is 12.1 Å². The molecule has 0 radical (unpaired) electrons. The van der Waals surface area contributed by atoms with Crippen molar-refractivity contribution in [2.45, 2.75) is 13.0 Å². The average Bonchev–Trinajstić information content (AvgIpc) is 2.46. The maximum absolute atomic E-state index is 13.7. The molecular weight excluding hydrogens is 272 g/mol. The third-order valence-corrected chi connectivity index (χ3v) is 3.08. The van der Waals surface area contributed by atoms with Gasteiger partial charge in [-0.1, -0.05) is 6.07 Å². The standard InChI is InChI=1S/C16H11F2N3/c1-10(16-14(17)3-2-4-15(16)18)21-13-6-5-11(8-19)12(7-13)9-20/h2-7,10,21H,1H3. The van der Waals surface area contributed by atoms with Crippen molar-refractivity contribution in [3.05, 3.63) is 64.7 Å². The Kier molecular flexibility index (Phi) is 4.15. The van der Waals surface area contributed by atoms with Crippen LogP contribution < -0.4 is 5.32 Å². The minimum atomic E-state index is -0.635. The van der Waals surface area contributed by atoms with Gasteiger partial charge in [0.1, 0.15) is 23.8 Å². The van der Waals surface area contributed by atoms with Crippen molar-refractivity contribution in [1.82, 2.24) is 0 Å². The van der Waals surface area contributed by atoms with E-state index in [9.17, 15) is 8.78 Å². The lowest BCUT2D eigenvalue weighted by molar-refractivity contribution is 0.544. The summed E-state index contributed by atoms with van der Waals surface area (Å²) in [6.45, 7) is 1.62. The topological polar surface area (TPSA) is 59.6 Å². The van der Waals surface area contributed by atoms with Crippen molar-refractivity contribution in [2.24, 2.45) is 0 Å². The lowest BCUT2D eigenvalue weighted by Crippen LogP contribution is -2.11. The number of hydrogen-bond acceptors (Lipinski definition) is 3. The maximum Gasteiger partial charge on any atom is 0.131 e. The number of nitriles is 2. The number of anilines is 1. The van der Waals surface area contributed by atoms with Crippen LogP contribution in [-0.4, -0.2) is 0 Å². The highest BCUT2D eigenvalue weighted by atomic mass is 19.1. The minimum Gasteiger partial charge on any atom is -0.378 e. The molecule has 1 atom stereocenters. The van der Waals surface area contributed by atoms with Crippen molar-refractivity contribution in [2.75, 3.05) is 5.32 Å². The molecule has 21 heavy (non-hydrogen) atoms. The molecule has 0 saturated heterocycles. The Morgan fingerprint density at radius 3 is 2.19 bits per heavy atom. The van der Waals surface area contributed by atoms with Gasteiger partial charge in [0.15, 0.2) is 0 Å². The first-order valence-corrected chi connectivity index (χ1v) is 6.21. The molecule has 0 aliphatic carbocycles. The van der Waals surface area contributed by atoms with Crippen LogP contribution in [0.1, 0.15) is 29.7 Å². The number of halogens is 2. The number of hydrogen-bond donors (Lipinski definition) is 1. The molecule has 0 amide bonds. The Hall–Kier alpha value is -2.92. The van der Waals surface area contributed by atoms with Crippen LogP contribution in [0.2, 0.25) is 0 Å². The Bertz CT molecular complexity index is 737. The summed E-state index contributed by atoms with van der Waals surface area (Å²) in [6.07, 6.45) is 0. The first kappa shape index (κ1) is 14.5. The molecule has 0 aliphatic heterocycles. The predicted octanol–water partition coefficient (Wildman–Crippen LogP) is 3.88. The molecule has 2 aromatic rings. The molecule has 0 spiro atoms. The third kappa shape index (κ3) is 2.98. The van der Waals surface area contributed by atoms with E-state index in [1.165, 1.54) is 30.3 Å². The second-order valence-electron chi connectivity index (χ2n) is 4.49. The fourth-order valence-electron chi connectivity index (χ4n) is 2.07. The predicted molar refractivity (Wildman–Crippen MR) is 74.3 cm³/mol. The van der Waals surface area contributed by atoms with Crippen molar-refractivity contribution in [3.63, 3.8) is 0 Å². The number of nitrogens with one attached hydrogen (secondary N) is 1. The zero-order valence-corrected chi connectivity index (χ0v) is 11.2. The molecule has 0 aliphatic rings. The Morgan fingerprint density at radius 2 is 1.62 bits per heavy atom. The highest BCUT2D eigenvalue weighted by Gasteiger charge is 2.16. The van der Waals surface area contributed by atoms with Crippen LogP contribution in [0.15, 0.2) is 36.4 Å². The third-order valence-electron chi connectivity index (χ3n) is 3.08. The fraction of sp³-hybridized carbons (Fsp3) is 0.125. The zero-order chi connectivity index (χ0) is 15.4. The monoisotopic (exact) mass is 283 g/mol. The van der Waals surface area contributed by atoms with Crippen molar-refractivity contribution in [1.29, 1.82) is 10.5 Å². The van der Waals surface area contributed by atoms with E-state index in [1.54, 1.807) is 13.0 Å². The first-order chi connectivity index (χ1) is 10.1. The molecule has 0 fully saturated rings. The van der Waals surface area contributed by atoms with Gasteiger partial charge in [0.25, 0.3) is 0 Å². The second-order valence-corrected chi connectivity index (χ2v) is 4.49. The van der Waals surface area contributed by atoms with E-state index < -0.39 is 17.7 Å². The molecule has 0 saturated carbocycles. The molecular formula is C16H11F2N3. The molecule has 0 heterocycles. The highest BCUT2D eigenvalue weighted by molar-refractivity contribution is 5.57. The molecule has 1 N–H and O–H groups in total. The van der Waals surface area contributed by atoms with Crippen molar-refractivity contribution < 1.29 is 8.78 Å². The van der Waals surface area contributed by atoms with E-state index in [0.29, 0.717) is 5.69 Å². The van der Waals surface area contributed by atoms with Gasteiger partial charge in [0.2, 0.25) is 0 Å². The van der Waals surface area contributed by atoms with Crippen LogP contribution in [0.4, 0.5) is 14.5 Å². The van der Waals surface area contributed by atoms with Gasteiger partial charge in [-0.25, -0.2) is 8.78 Å². The average molecular weight is 283 g/mol. The summed E-state index contributed by atoms with van der Waals surface area (Å²) in [5.74, 6) is -1.27. The van der Waals surface area contributed by atoms with E-state index in [-0.39, 0.29) is 16.7 Å². The lowest BCUT2D eigenvalue weighted by Gasteiger charge is -2.17. The van der Waals surface area contributed by atoms with Crippen LogP contribution in [-0.2, 0) is 0 Å².